The monoisotopic (exact) mass is 151 g/mol. The Morgan fingerprint density at radius 3 is 3.00 bits per heavy atom. The van der Waals surface area contributed by atoms with Crippen LogP contribution in [0.3, 0.4) is 0 Å². The van der Waals surface area contributed by atoms with Crippen LogP contribution in [0.25, 0.3) is 0 Å². The third kappa shape index (κ3) is 0.675. The van der Waals surface area contributed by atoms with E-state index in [4.69, 9.17) is 0 Å². The lowest BCUT2D eigenvalue weighted by molar-refractivity contribution is 1.47. The lowest BCUT2D eigenvalue weighted by Crippen LogP contribution is -1.91. The molecule has 50 valence electrons. The van der Waals surface area contributed by atoms with Crippen molar-refractivity contribution < 1.29 is 0 Å². The van der Waals surface area contributed by atoms with Gasteiger partial charge in [-0.2, -0.15) is 0 Å². The standard InChI is InChI=1S/C7H5NOS/c9-6-1-2-7-5(6)3-4-8-10-7/h1-4,8H. The summed E-state index contributed by atoms with van der Waals surface area (Å²) in [6.07, 6.45) is 1.77. The maximum atomic E-state index is 11.0. The van der Waals surface area contributed by atoms with Gasteiger partial charge in [0.25, 0.3) is 0 Å². The number of hydrogen-bond donors (Lipinski definition) is 1. The molecule has 2 nitrogen and oxygen atoms in total. The largest absolute Gasteiger partial charge is 0.318 e. The maximum Gasteiger partial charge on any atom is 0.187 e. The first-order chi connectivity index (χ1) is 4.88. The molecule has 1 heterocycles. The Hall–Kier alpha value is -1.09. The van der Waals surface area contributed by atoms with Crippen LogP contribution >= 0.6 is 11.5 Å². The van der Waals surface area contributed by atoms with Gasteiger partial charge in [-0.1, -0.05) is 11.5 Å². The van der Waals surface area contributed by atoms with E-state index in [2.05, 4.69) is 4.37 Å². The molecular formula is C7H5NOS. The Balaban J connectivity index is 3.21. The van der Waals surface area contributed by atoms with E-state index in [-0.39, 0.29) is 5.43 Å². The highest BCUT2D eigenvalue weighted by Gasteiger charge is 1.91. The molecule has 0 spiro atoms. The van der Waals surface area contributed by atoms with E-state index in [9.17, 15) is 4.79 Å². The van der Waals surface area contributed by atoms with Crippen LogP contribution in [0.5, 0.6) is 0 Å². The van der Waals surface area contributed by atoms with Crippen LogP contribution < -0.4 is 5.43 Å². The molecule has 0 atom stereocenters. The summed E-state index contributed by atoms with van der Waals surface area (Å²) < 4.78 is 3.97. The molecule has 1 aliphatic heterocycles. The van der Waals surface area contributed by atoms with Crippen molar-refractivity contribution in [3.63, 3.8) is 0 Å². The minimum absolute atomic E-state index is 0.111. The zero-order valence-corrected chi connectivity index (χ0v) is 5.94. The molecule has 10 heavy (non-hydrogen) atoms. The Labute approximate surface area is 60.9 Å². The highest BCUT2D eigenvalue weighted by Crippen LogP contribution is 1.97. The van der Waals surface area contributed by atoms with Gasteiger partial charge in [-0.05, 0) is 18.2 Å². The van der Waals surface area contributed by atoms with Crippen LogP contribution in [-0.2, 0) is 0 Å². The first-order valence-corrected chi connectivity index (χ1v) is 3.75. The van der Waals surface area contributed by atoms with E-state index >= 15 is 0 Å². The molecule has 0 fully saturated rings. The number of nitrogens with one attached hydrogen (secondary N) is 1. The highest BCUT2D eigenvalue weighted by molar-refractivity contribution is 7.03. The van der Waals surface area contributed by atoms with Crippen LogP contribution in [0.4, 0.5) is 0 Å². The molecule has 1 aliphatic carbocycles. The number of rotatable bonds is 0. The molecule has 0 saturated heterocycles. The molecule has 0 aromatic rings. The lowest BCUT2D eigenvalue weighted by Gasteiger charge is -1.79. The fourth-order valence-corrected chi connectivity index (χ4v) is 1.60. The molecule has 1 N–H and O–H groups in total. The van der Waals surface area contributed by atoms with Gasteiger partial charge in [-0.15, -0.1) is 0 Å². The third-order valence-electron chi connectivity index (χ3n) is 1.40. The van der Waals surface area contributed by atoms with Crippen molar-refractivity contribution in [1.82, 2.24) is 4.37 Å². The maximum absolute atomic E-state index is 11.0. The number of hydrogen-bond acceptors (Lipinski definition) is 2. The van der Waals surface area contributed by atoms with Crippen LogP contribution in [-0.4, -0.2) is 4.37 Å². The van der Waals surface area contributed by atoms with Crippen LogP contribution in [0.2, 0.25) is 0 Å². The van der Waals surface area contributed by atoms with Gasteiger partial charge in [0.15, 0.2) is 5.43 Å². The third-order valence-corrected chi connectivity index (χ3v) is 2.23. The summed E-state index contributed by atoms with van der Waals surface area (Å²) in [4.78, 5) is 11.0. The predicted molar refractivity (Wildman–Crippen MR) is 40.2 cm³/mol. The van der Waals surface area contributed by atoms with Gasteiger partial charge in [0, 0.05) is 11.4 Å². The van der Waals surface area contributed by atoms with Crippen molar-refractivity contribution in [2.75, 3.05) is 0 Å². The molecule has 2 rings (SSSR count). The Kier molecular flexibility index (Phi) is 1.11. The van der Waals surface area contributed by atoms with Crippen LogP contribution in [0.15, 0.2) is 29.2 Å². The van der Waals surface area contributed by atoms with Crippen molar-refractivity contribution in [2.24, 2.45) is 0 Å². The van der Waals surface area contributed by atoms with E-state index in [0.29, 0.717) is 0 Å². The zero-order valence-electron chi connectivity index (χ0n) is 5.13. The fraction of sp³-hybridized carbons (Fsp3) is 0. The molecule has 0 radical (unpaired) electrons. The molecule has 2 aliphatic rings. The van der Waals surface area contributed by atoms with Gasteiger partial charge < -0.3 is 4.37 Å². The summed E-state index contributed by atoms with van der Waals surface area (Å²) >= 11 is 1.47. The second-order valence-electron chi connectivity index (χ2n) is 2.03. The topological polar surface area (TPSA) is 32.9 Å². The van der Waals surface area contributed by atoms with E-state index in [0.717, 1.165) is 9.75 Å². The van der Waals surface area contributed by atoms with Crippen molar-refractivity contribution in [1.29, 1.82) is 0 Å². The zero-order chi connectivity index (χ0) is 6.97. The van der Waals surface area contributed by atoms with E-state index in [1.807, 2.05) is 6.07 Å². The van der Waals surface area contributed by atoms with Gasteiger partial charge in [0.1, 0.15) is 0 Å². The Bertz CT molecular complexity index is 441. The summed E-state index contributed by atoms with van der Waals surface area (Å²) in [7, 11) is 0. The molecule has 0 saturated carbocycles. The molecule has 0 aromatic carbocycles. The van der Waals surface area contributed by atoms with Gasteiger partial charge >= 0.3 is 0 Å². The summed E-state index contributed by atoms with van der Waals surface area (Å²) in [5.41, 5.74) is 0.111. The van der Waals surface area contributed by atoms with Crippen LogP contribution in [0.1, 0.15) is 0 Å². The fourth-order valence-electron chi connectivity index (χ4n) is 0.920. The van der Waals surface area contributed by atoms with Gasteiger partial charge in [0.2, 0.25) is 0 Å². The van der Waals surface area contributed by atoms with Gasteiger partial charge in [-0.3, -0.25) is 4.79 Å². The number of aromatic nitrogens is 1. The summed E-state index contributed by atoms with van der Waals surface area (Å²) in [6.45, 7) is 0. The van der Waals surface area contributed by atoms with Crippen LogP contribution in [0, 0.1) is 9.75 Å². The molecule has 0 amide bonds. The summed E-state index contributed by atoms with van der Waals surface area (Å²) in [6, 6.07) is 5.22. The average molecular weight is 151 g/mol. The van der Waals surface area contributed by atoms with E-state index in [1.165, 1.54) is 11.5 Å². The molecule has 3 heteroatoms. The summed E-state index contributed by atoms with van der Waals surface area (Å²) in [5, 5.41) is 0.809. The molecule has 0 unspecified atom stereocenters. The first kappa shape index (κ1) is 5.68. The quantitative estimate of drug-likeness (QED) is 0.602. The Morgan fingerprint density at radius 2 is 2.20 bits per heavy atom. The predicted octanol–water partition coefficient (Wildman–Crippen LogP) is 1.16. The number of H-pyrrole nitrogens is 1. The molecule has 0 aromatic heterocycles. The van der Waals surface area contributed by atoms with Crippen molar-refractivity contribution in [3.05, 3.63) is 44.4 Å². The van der Waals surface area contributed by atoms with E-state index < -0.39 is 0 Å². The minimum atomic E-state index is 0.111. The second-order valence-corrected chi connectivity index (χ2v) is 2.91. The van der Waals surface area contributed by atoms with Gasteiger partial charge in [-0.25, -0.2) is 0 Å². The molecular weight excluding hydrogens is 146 g/mol. The summed E-state index contributed by atoms with van der Waals surface area (Å²) in [5.74, 6) is 0. The van der Waals surface area contributed by atoms with Crippen molar-refractivity contribution in [3.8, 4) is 0 Å². The van der Waals surface area contributed by atoms with Gasteiger partial charge in [0.05, 0.1) is 4.53 Å². The van der Waals surface area contributed by atoms with E-state index in [1.54, 1.807) is 18.3 Å². The normalized spacial score (nSPS) is 10.4. The first-order valence-electron chi connectivity index (χ1n) is 2.93. The molecule has 0 bridgehead atoms. The lowest BCUT2D eigenvalue weighted by atomic mass is 10.4. The Morgan fingerprint density at radius 1 is 1.30 bits per heavy atom. The second kappa shape index (κ2) is 1.95. The minimum Gasteiger partial charge on any atom is -0.318 e. The highest BCUT2D eigenvalue weighted by atomic mass is 32.1. The smallest absolute Gasteiger partial charge is 0.187 e. The van der Waals surface area contributed by atoms with Crippen molar-refractivity contribution >= 4 is 11.5 Å². The average Bonchev–Trinajstić information content (AvgIpc) is 2.34. The number of aromatic amines is 1. The van der Waals surface area contributed by atoms with Crippen molar-refractivity contribution in [2.45, 2.75) is 0 Å². The SMILES string of the molecule is O=c1ccc2s[nH]ccc1=2.